The molecular formula is C9H13ClN2O. The Hall–Kier alpha value is -0.540. The molecule has 1 N–H and O–H groups in total. The van der Waals surface area contributed by atoms with Crippen LogP contribution in [-0.4, -0.2) is 18.2 Å². The highest BCUT2D eigenvalue weighted by molar-refractivity contribution is 5.85. The van der Waals surface area contributed by atoms with Crippen molar-refractivity contribution >= 4 is 12.4 Å². The topological polar surface area (TPSA) is 38.1 Å². The first-order valence-electron chi connectivity index (χ1n) is 4.46. The molecule has 2 heterocycles. The van der Waals surface area contributed by atoms with Crippen LogP contribution in [0.5, 0.6) is 0 Å². The van der Waals surface area contributed by atoms with E-state index in [2.05, 4.69) is 16.5 Å². The van der Waals surface area contributed by atoms with Gasteiger partial charge in [-0.2, -0.15) is 0 Å². The SMILES string of the molecule is Cc1cc(C23CNCC2C3)no1.Cl. The largest absolute Gasteiger partial charge is 0.361 e. The van der Waals surface area contributed by atoms with Crippen LogP contribution in [0, 0.1) is 12.8 Å². The Morgan fingerprint density at radius 3 is 3.00 bits per heavy atom. The molecule has 2 atom stereocenters. The van der Waals surface area contributed by atoms with Crippen molar-refractivity contribution in [3.05, 3.63) is 17.5 Å². The van der Waals surface area contributed by atoms with E-state index in [0.29, 0.717) is 5.41 Å². The predicted molar refractivity (Wildman–Crippen MR) is 51.1 cm³/mol. The Morgan fingerprint density at radius 2 is 2.54 bits per heavy atom. The molecule has 0 spiro atoms. The first kappa shape index (κ1) is 9.03. The van der Waals surface area contributed by atoms with Gasteiger partial charge in [-0.15, -0.1) is 12.4 Å². The molecule has 1 aliphatic carbocycles. The summed E-state index contributed by atoms with van der Waals surface area (Å²) in [6, 6.07) is 2.08. The third kappa shape index (κ3) is 1.11. The number of hydrogen-bond acceptors (Lipinski definition) is 3. The molecule has 4 heteroatoms. The molecule has 3 rings (SSSR count). The maximum atomic E-state index is 5.09. The Labute approximate surface area is 83.3 Å². The number of nitrogens with zero attached hydrogens (tertiary/aromatic N) is 1. The van der Waals surface area contributed by atoms with Crippen LogP contribution < -0.4 is 5.32 Å². The number of aromatic nitrogens is 1. The Morgan fingerprint density at radius 1 is 1.69 bits per heavy atom. The molecule has 1 aromatic rings. The van der Waals surface area contributed by atoms with Gasteiger partial charge in [-0.1, -0.05) is 5.16 Å². The van der Waals surface area contributed by atoms with Crippen molar-refractivity contribution in [2.75, 3.05) is 13.1 Å². The summed E-state index contributed by atoms with van der Waals surface area (Å²) in [6.07, 6.45) is 1.30. The molecular weight excluding hydrogens is 188 g/mol. The highest BCUT2D eigenvalue weighted by Crippen LogP contribution is 2.55. The molecule has 2 aliphatic rings. The summed E-state index contributed by atoms with van der Waals surface area (Å²) in [4.78, 5) is 0. The molecule has 0 bridgehead atoms. The van der Waals surface area contributed by atoms with E-state index in [9.17, 15) is 0 Å². The summed E-state index contributed by atoms with van der Waals surface area (Å²) in [5, 5.41) is 7.48. The Bertz CT molecular complexity index is 325. The number of aryl methyl sites for hydroxylation is 1. The molecule has 1 aliphatic heterocycles. The molecule has 0 aromatic carbocycles. The van der Waals surface area contributed by atoms with Crippen LogP contribution in [0.4, 0.5) is 0 Å². The highest BCUT2D eigenvalue weighted by Gasteiger charge is 2.59. The average Bonchev–Trinajstić information content (AvgIpc) is 2.50. The molecule has 72 valence electrons. The molecule has 2 unspecified atom stereocenters. The standard InChI is InChI=1S/C9H12N2O.ClH/c1-6-2-8(11-12-6)9-3-7(9)4-10-5-9;/h2,7,10H,3-5H2,1H3;1H. The van der Waals surface area contributed by atoms with Crippen LogP contribution >= 0.6 is 12.4 Å². The summed E-state index contributed by atoms with van der Waals surface area (Å²) in [5.41, 5.74) is 1.52. The lowest BCUT2D eigenvalue weighted by Gasteiger charge is -2.04. The molecule has 2 fully saturated rings. The number of nitrogens with one attached hydrogen (secondary N) is 1. The minimum atomic E-state index is 0. The van der Waals surface area contributed by atoms with E-state index in [1.807, 2.05) is 6.92 Å². The van der Waals surface area contributed by atoms with E-state index in [4.69, 9.17) is 4.52 Å². The minimum absolute atomic E-state index is 0. The van der Waals surface area contributed by atoms with E-state index in [0.717, 1.165) is 30.5 Å². The summed E-state index contributed by atoms with van der Waals surface area (Å²) < 4.78 is 5.09. The van der Waals surface area contributed by atoms with Gasteiger partial charge in [0.05, 0.1) is 5.69 Å². The second-order valence-corrected chi connectivity index (χ2v) is 4.01. The van der Waals surface area contributed by atoms with Crippen LogP contribution in [0.3, 0.4) is 0 Å². The van der Waals surface area contributed by atoms with Gasteiger partial charge in [0.1, 0.15) is 5.76 Å². The van der Waals surface area contributed by atoms with Gasteiger partial charge >= 0.3 is 0 Å². The van der Waals surface area contributed by atoms with Gasteiger partial charge in [-0.3, -0.25) is 0 Å². The fraction of sp³-hybridized carbons (Fsp3) is 0.667. The van der Waals surface area contributed by atoms with Crippen molar-refractivity contribution in [3.63, 3.8) is 0 Å². The van der Waals surface area contributed by atoms with E-state index < -0.39 is 0 Å². The Balaban J connectivity index is 0.000000653. The van der Waals surface area contributed by atoms with E-state index in [1.165, 1.54) is 6.42 Å². The zero-order valence-corrected chi connectivity index (χ0v) is 8.36. The summed E-state index contributed by atoms with van der Waals surface area (Å²) >= 11 is 0. The van der Waals surface area contributed by atoms with Gasteiger partial charge in [-0.25, -0.2) is 0 Å². The maximum Gasteiger partial charge on any atom is 0.133 e. The molecule has 3 nitrogen and oxygen atoms in total. The number of hydrogen-bond donors (Lipinski definition) is 1. The third-order valence-corrected chi connectivity index (χ3v) is 3.20. The lowest BCUT2D eigenvalue weighted by Crippen LogP contribution is -2.19. The summed E-state index contributed by atoms with van der Waals surface area (Å²) in [7, 11) is 0. The molecule has 13 heavy (non-hydrogen) atoms. The lowest BCUT2D eigenvalue weighted by atomic mass is 10.0. The van der Waals surface area contributed by atoms with Crippen molar-refractivity contribution in [1.82, 2.24) is 10.5 Å². The minimum Gasteiger partial charge on any atom is -0.361 e. The zero-order valence-electron chi connectivity index (χ0n) is 7.54. The average molecular weight is 201 g/mol. The summed E-state index contributed by atoms with van der Waals surface area (Å²) in [6.45, 7) is 4.20. The summed E-state index contributed by atoms with van der Waals surface area (Å²) in [5.74, 6) is 1.75. The molecule has 1 saturated carbocycles. The second-order valence-electron chi connectivity index (χ2n) is 4.01. The number of halogens is 1. The van der Waals surface area contributed by atoms with Crippen LogP contribution in [0.2, 0.25) is 0 Å². The maximum absolute atomic E-state index is 5.09. The van der Waals surface area contributed by atoms with Crippen LogP contribution in [0.15, 0.2) is 10.6 Å². The molecule has 1 aromatic heterocycles. The molecule has 0 radical (unpaired) electrons. The van der Waals surface area contributed by atoms with Gasteiger partial charge in [0.2, 0.25) is 0 Å². The highest BCUT2D eigenvalue weighted by atomic mass is 35.5. The van der Waals surface area contributed by atoms with Crippen LogP contribution in [0.1, 0.15) is 17.9 Å². The number of rotatable bonds is 1. The van der Waals surface area contributed by atoms with Crippen molar-refractivity contribution in [2.45, 2.75) is 18.8 Å². The fourth-order valence-corrected chi connectivity index (χ4v) is 2.34. The van der Waals surface area contributed by atoms with E-state index >= 15 is 0 Å². The Kier molecular flexibility index (Phi) is 1.89. The van der Waals surface area contributed by atoms with Crippen molar-refractivity contribution in [3.8, 4) is 0 Å². The quantitative estimate of drug-likeness (QED) is 0.742. The van der Waals surface area contributed by atoms with Crippen molar-refractivity contribution < 1.29 is 4.52 Å². The monoisotopic (exact) mass is 200 g/mol. The zero-order chi connectivity index (χ0) is 8.18. The van der Waals surface area contributed by atoms with Crippen LogP contribution in [-0.2, 0) is 5.41 Å². The lowest BCUT2D eigenvalue weighted by molar-refractivity contribution is 0.383. The third-order valence-electron chi connectivity index (χ3n) is 3.20. The first-order valence-corrected chi connectivity index (χ1v) is 4.46. The van der Waals surface area contributed by atoms with Crippen LogP contribution in [0.25, 0.3) is 0 Å². The predicted octanol–water partition coefficient (Wildman–Crippen LogP) is 1.27. The number of fused-ring (bicyclic) bond motifs is 1. The smallest absolute Gasteiger partial charge is 0.133 e. The van der Waals surface area contributed by atoms with Gasteiger partial charge in [0, 0.05) is 18.0 Å². The van der Waals surface area contributed by atoms with E-state index in [1.54, 1.807) is 0 Å². The number of piperidine rings is 1. The van der Waals surface area contributed by atoms with Gasteiger partial charge in [0.25, 0.3) is 0 Å². The van der Waals surface area contributed by atoms with Gasteiger partial charge in [-0.05, 0) is 25.8 Å². The fourth-order valence-electron chi connectivity index (χ4n) is 2.34. The van der Waals surface area contributed by atoms with Gasteiger partial charge in [0.15, 0.2) is 0 Å². The van der Waals surface area contributed by atoms with Crippen molar-refractivity contribution in [1.29, 1.82) is 0 Å². The first-order chi connectivity index (χ1) is 5.81. The molecule has 0 amide bonds. The second kappa shape index (κ2) is 2.72. The van der Waals surface area contributed by atoms with Gasteiger partial charge < -0.3 is 9.84 Å². The van der Waals surface area contributed by atoms with E-state index in [-0.39, 0.29) is 12.4 Å². The normalized spacial score (nSPS) is 35.3. The molecule has 1 saturated heterocycles. The van der Waals surface area contributed by atoms with Crippen molar-refractivity contribution in [2.24, 2.45) is 5.92 Å².